The van der Waals surface area contributed by atoms with E-state index in [4.69, 9.17) is 0 Å². The van der Waals surface area contributed by atoms with Gasteiger partial charge in [0.25, 0.3) is 0 Å². The lowest BCUT2D eigenvalue weighted by atomic mass is 9.80. The summed E-state index contributed by atoms with van der Waals surface area (Å²) in [4.78, 5) is 0. The van der Waals surface area contributed by atoms with Crippen LogP contribution in [0.4, 0.5) is 5.69 Å². The van der Waals surface area contributed by atoms with Crippen molar-refractivity contribution in [3.05, 3.63) is 166 Å². The lowest BCUT2D eigenvalue weighted by Gasteiger charge is -2.25. The summed E-state index contributed by atoms with van der Waals surface area (Å²) >= 11 is 0. The minimum Gasteiger partial charge on any atom is -0.355 e. The molecule has 2 heteroatoms. The van der Waals surface area contributed by atoms with Crippen LogP contribution in [-0.2, 0) is 0 Å². The third kappa shape index (κ3) is 4.54. The monoisotopic (exact) mass is 630 g/mol. The number of nitrogens with one attached hydrogen (secondary N) is 1. The van der Waals surface area contributed by atoms with Gasteiger partial charge in [-0.2, -0.15) is 0 Å². The van der Waals surface area contributed by atoms with Crippen molar-refractivity contribution >= 4 is 61.9 Å². The fourth-order valence-electron chi connectivity index (χ4n) is 8.81. The molecule has 0 bridgehead atoms. The average molecular weight is 631 g/mol. The van der Waals surface area contributed by atoms with Crippen LogP contribution in [0.2, 0.25) is 0 Å². The van der Waals surface area contributed by atoms with Crippen molar-refractivity contribution in [2.45, 2.75) is 38.5 Å². The van der Waals surface area contributed by atoms with Crippen LogP contribution in [-0.4, -0.2) is 4.57 Å². The number of para-hydroxylation sites is 1. The first kappa shape index (κ1) is 28.4. The van der Waals surface area contributed by atoms with E-state index < -0.39 is 0 Å². The zero-order valence-electron chi connectivity index (χ0n) is 27.8. The van der Waals surface area contributed by atoms with Gasteiger partial charge in [-0.1, -0.05) is 104 Å². The number of anilines is 1. The zero-order valence-corrected chi connectivity index (χ0v) is 27.8. The molecule has 0 spiro atoms. The Bertz CT molecular complexity index is 2640. The van der Waals surface area contributed by atoms with Gasteiger partial charge < -0.3 is 9.88 Å². The Labute approximate surface area is 287 Å². The number of benzene rings is 5. The van der Waals surface area contributed by atoms with Crippen LogP contribution >= 0.6 is 0 Å². The second kappa shape index (κ2) is 11.2. The molecule has 5 aromatic carbocycles. The highest BCUT2D eigenvalue weighted by atomic mass is 15.0. The lowest BCUT2D eigenvalue weighted by Crippen LogP contribution is -2.28. The summed E-state index contributed by atoms with van der Waals surface area (Å²) in [6.45, 7) is 2.34. The predicted octanol–water partition coefficient (Wildman–Crippen LogP) is 10.7. The van der Waals surface area contributed by atoms with E-state index in [0.717, 1.165) is 31.4 Å². The zero-order chi connectivity index (χ0) is 32.5. The van der Waals surface area contributed by atoms with Crippen molar-refractivity contribution in [2.24, 2.45) is 5.92 Å². The first-order valence-corrected chi connectivity index (χ1v) is 17.8. The van der Waals surface area contributed by atoms with Crippen LogP contribution in [0.3, 0.4) is 0 Å². The van der Waals surface area contributed by atoms with Gasteiger partial charge in [0.1, 0.15) is 0 Å². The predicted molar refractivity (Wildman–Crippen MR) is 209 cm³/mol. The molecule has 4 aliphatic carbocycles. The van der Waals surface area contributed by atoms with E-state index in [2.05, 4.69) is 162 Å². The lowest BCUT2D eigenvalue weighted by molar-refractivity contribution is 0.745. The molecule has 49 heavy (non-hydrogen) atoms. The highest BCUT2D eigenvalue weighted by Gasteiger charge is 2.29. The van der Waals surface area contributed by atoms with Crippen molar-refractivity contribution in [1.29, 1.82) is 0 Å². The van der Waals surface area contributed by atoms with Crippen molar-refractivity contribution in [1.82, 2.24) is 4.57 Å². The van der Waals surface area contributed by atoms with Crippen LogP contribution < -0.4 is 15.8 Å². The topological polar surface area (TPSA) is 17.0 Å². The third-order valence-electron chi connectivity index (χ3n) is 11.1. The Morgan fingerprint density at radius 1 is 0.776 bits per heavy atom. The maximum absolute atomic E-state index is 3.98. The van der Waals surface area contributed by atoms with Gasteiger partial charge in [-0.05, 0) is 134 Å². The molecule has 1 aromatic heterocycles. The van der Waals surface area contributed by atoms with Gasteiger partial charge in [-0.3, -0.25) is 0 Å². The molecule has 236 valence electrons. The summed E-state index contributed by atoms with van der Waals surface area (Å²) in [6.07, 6.45) is 25.3. The Balaban J connectivity index is 1.18. The molecule has 0 radical (unpaired) electrons. The summed E-state index contributed by atoms with van der Waals surface area (Å²) in [5.74, 6) is 0.823. The maximum Gasteiger partial charge on any atom is 0.0539 e. The largest absolute Gasteiger partial charge is 0.355 e. The molecule has 6 aromatic rings. The maximum atomic E-state index is 3.98. The standard InChI is InChI=1S/C47H38N2/c1-30-19-24-43(40(27-30)41-28-33-13-7-8-16-36(33)39-23-20-31-11-5-9-17-37(31)46(39)41)48-34-22-26-44-42(29-34)47-38-18-10-6-12-32(38)21-25-45(47)49(44)35-14-3-2-4-15-35/h2-4,6-8,10-17,19-26,28-30,38,48H,5,9,18,27H2,1H3. The molecule has 2 nitrogen and oxygen atoms in total. The average Bonchev–Trinajstić information content (AvgIpc) is 3.49. The Kier molecular flexibility index (Phi) is 6.52. The molecule has 0 saturated heterocycles. The van der Waals surface area contributed by atoms with E-state index in [-0.39, 0.29) is 0 Å². The Morgan fingerprint density at radius 3 is 2.59 bits per heavy atom. The van der Waals surface area contributed by atoms with Crippen LogP contribution in [0.1, 0.15) is 55.3 Å². The number of hydrogen-bond donors (Lipinski definition) is 1. The molecule has 2 atom stereocenters. The minimum absolute atomic E-state index is 0.362. The van der Waals surface area contributed by atoms with Gasteiger partial charge in [0.2, 0.25) is 0 Å². The van der Waals surface area contributed by atoms with Gasteiger partial charge in [0.15, 0.2) is 0 Å². The smallest absolute Gasteiger partial charge is 0.0539 e. The molecule has 0 amide bonds. The van der Waals surface area contributed by atoms with E-state index in [9.17, 15) is 0 Å². The molecular weight excluding hydrogens is 593 g/mol. The highest BCUT2D eigenvalue weighted by molar-refractivity contribution is 6.12. The summed E-state index contributed by atoms with van der Waals surface area (Å²) in [5.41, 5.74) is 11.7. The van der Waals surface area contributed by atoms with Crippen LogP contribution in [0.25, 0.3) is 61.9 Å². The van der Waals surface area contributed by atoms with Crippen molar-refractivity contribution in [3.8, 4) is 5.69 Å². The van der Waals surface area contributed by atoms with Crippen molar-refractivity contribution in [3.63, 3.8) is 0 Å². The fourth-order valence-corrected chi connectivity index (χ4v) is 8.81. The quantitative estimate of drug-likeness (QED) is 0.192. The van der Waals surface area contributed by atoms with Gasteiger partial charge in [-0.15, -0.1) is 0 Å². The van der Waals surface area contributed by atoms with E-state index in [1.165, 1.54) is 82.2 Å². The molecule has 2 unspecified atom stereocenters. The number of hydrogen-bond acceptors (Lipinski definition) is 1. The first-order chi connectivity index (χ1) is 24.2. The second-order valence-electron chi connectivity index (χ2n) is 14.1. The second-order valence-corrected chi connectivity index (χ2v) is 14.1. The number of rotatable bonds is 4. The Hall–Kier alpha value is -5.60. The molecule has 10 rings (SSSR count). The fraction of sp³-hybridized carbons (Fsp3) is 0.149. The van der Waals surface area contributed by atoms with Gasteiger partial charge in [-0.25, -0.2) is 0 Å². The summed E-state index contributed by atoms with van der Waals surface area (Å²) in [7, 11) is 0. The summed E-state index contributed by atoms with van der Waals surface area (Å²) in [5, 5.41) is 13.4. The van der Waals surface area contributed by atoms with Crippen LogP contribution in [0.15, 0.2) is 139 Å². The van der Waals surface area contributed by atoms with E-state index in [1.807, 2.05) is 0 Å². The molecule has 0 aliphatic heterocycles. The van der Waals surface area contributed by atoms with E-state index in [1.54, 1.807) is 0 Å². The molecule has 1 heterocycles. The van der Waals surface area contributed by atoms with Crippen molar-refractivity contribution < 1.29 is 0 Å². The molecular formula is C47H38N2. The van der Waals surface area contributed by atoms with E-state index in [0.29, 0.717) is 11.8 Å². The minimum atomic E-state index is 0.362. The van der Waals surface area contributed by atoms with Crippen LogP contribution in [0, 0.1) is 5.92 Å². The Morgan fingerprint density at radius 2 is 1.65 bits per heavy atom. The van der Waals surface area contributed by atoms with E-state index >= 15 is 0 Å². The molecule has 1 N–H and O–H groups in total. The van der Waals surface area contributed by atoms with Gasteiger partial charge in [0, 0.05) is 28.4 Å². The SMILES string of the molecule is CC1C=CC(Nc2ccc3c(c2)c2c(n3-c3ccccc3)C=CC3=CC=CCC32)=C(c2cc3ccccc3c3ccc4c(c23)=CCCC=4)C1. The first-order valence-electron chi connectivity index (χ1n) is 17.8. The molecule has 0 fully saturated rings. The van der Waals surface area contributed by atoms with Gasteiger partial charge >= 0.3 is 0 Å². The number of allylic oxidation sites excluding steroid dienone is 8. The van der Waals surface area contributed by atoms with Crippen LogP contribution in [0.5, 0.6) is 0 Å². The third-order valence-corrected chi connectivity index (χ3v) is 11.1. The van der Waals surface area contributed by atoms with Gasteiger partial charge in [0.05, 0.1) is 11.2 Å². The number of fused-ring (bicyclic) bond motifs is 10. The highest BCUT2D eigenvalue weighted by Crippen LogP contribution is 2.46. The number of aromatic nitrogens is 1. The molecule has 4 aliphatic rings. The summed E-state index contributed by atoms with van der Waals surface area (Å²) < 4.78 is 2.45. The number of nitrogens with zero attached hydrogens (tertiary/aromatic N) is 1. The molecule has 0 saturated carbocycles. The van der Waals surface area contributed by atoms with Crippen molar-refractivity contribution in [2.75, 3.05) is 5.32 Å². The normalized spacial score (nSPS) is 19.3. The summed E-state index contributed by atoms with van der Waals surface area (Å²) in [6, 6.07) is 33.9.